The van der Waals surface area contributed by atoms with Gasteiger partial charge in [0.05, 0.1) is 29.1 Å². The van der Waals surface area contributed by atoms with Crippen molar-refractivity contribution >= 4 is 10.9 Å². The van der Waals surface area contributed by atoms with Crippen LogP contribution in [-0.2, 0) is 0 Å². The monoisotopic (exact) mass is 359 g/mol. The molecule has 26 heavy (non-hydrogen) atoms. The molecular formula is C18H16F3N5. The molecule has 0 saturated carbocycles. The van der Waals surface area contributed by atoms with Crippen LogP contribution in [0.15, 0.2) is 29.5 Å². The van der Waals surface area contributed by atoms with E-state index < -0.39 is 24.1 Å². The van der Waals surface area contributed by atoms with Gasteiger partial charge >= 0.3 is 6.18 Å². The van der Waals surface area contributed by atoms with Crippen molar-refractivity contribution in [1.82, 2.24) is 15.1 Å². The highest BCUT2D eigenvalue weighted by Crippen LogP contribution is 2.55. The maximum absolute atomic E-state index is 14.1. The highest BCUT2D eigenvalue weighted by Gasteiger charge is 2.64. The summed E-state index contributed by atoms with van der Waals surface area (Å²) in [4.78, 5) is 1.33. The Bertz CT molecular complexity index is 989. The number of benzene rings is 1. The second-order valence-electron chi connectivity index (χ2n) is 6.61. The molecule has 1 aromatic carbocycles. The molecule has 2 heterocycles. The number of allylic oxidation sites excluding steroid dienone is 2. The Kier molecular flexibility index (Phi) is 3.95. The second-order valence-corrected chi connectivity index (χ2v) is 6.61. The number of aryl methyl sites for hydroxylation is 1. The van der Waals surface area contributed by atoms with E-state index in [1.807, 2.05) is 6.07 Å². The van der Waals surface area contributed by atoms with Crippen LogP contribution in [0.25, 0.3) is 10.9 Å². The molecule has 3 rings (SSSR count). The summed E-state index contributed by atoms with van der Waals surface area (Å²) in [6, 6.07) is 8.13. The number of hydrogen-bond donors (Lipinski definition) is 1. The summed E-state index contributed by atoms with van der Waals surface area (Å²) in [7, 11) is 1.46. The topological polar surface area (TPSA) is 79.5 Å². The summed E-state index contributed by atoms with van der Waals surface area (Å²) in [6.45, 7) is 2.84. The SMILES string of the molecule is CC1=C(C#N)C(c2ccc3n[nH]c(C)c3c2)C(C#N)(C(F)(F)F)CN1C. The standard InChI is InChI=1S/C18H16F3N5/c1-10-13-6-12(4-5-15(13)25-24-10)16-14(7-22)11(2)26(3)9-17(16,8-23)18(19,20)21/h4-6,16H,9H2,1-3H3,(H,24,25). The lowest BCUT2D eigenvalue weighted by Gasteiger charge is -2.44. The number of rotatable bonds is 1. The van der Waals surface area contributed by atoms with Crippen LogP contribution in [-0.4, -0.2) is 34.9 Å². The summed E-state index contributed by atoms with van der Waals surface area (Å²) in [5, 5.41) is 26.7. The Balaban J connectivity index is 2.34. The first-order valence-electron chi connectivity index (χ1n) is 7.91. The van der Waals surface area contributed by atoms with E-state index in [-0.39, 0.29) is 11.1 Å². The van der Waals surface area contributed by atoms with Crippen molar-refractivity contribution in [3.05, 3.63) is 40.7 Å². The summed E-state index contributed by atoms with van der Waals surface area (Å²) in [5.41, 5.74) is -0.700. The Morgan fingerprint density at radius 3 is 2.58 bits per heavy atom. The third-order valence-electron chi connectivity index (χ3n) is 5.16. The van der Waals surface area contributed by atoms with Gasteiger partial charge in [0.15, 0.2) is 5.41 Å². The van der Waals surface area contributed by atoms with Crippen LogP contribution in [0.3, 0.4) is 0 Å². The summed E-state index contributed by atoms with van der Waals surface area (Å²) >= 11 is 0. The number of H-pyrrole nitrogens is 1. The average Bonchev–Trinajstić information content (AvgIpc) is 2.96. The number of nitriles is 2. The molecule has 0 bridgehead atoms. The molecule has 2 unspecified atom stereocenters. The smallest absolute Gasteiger partial charge is 0.375 e. The summed E-state index contributed by atoms with van der Waals surface area (Å²) < 4.78 is 42.2. The Morgan fingerprint density at radius 1 is 1.31 bits per heavy atom. The molecular weight excluding hydrogens is 343 g/mol. The largest absolute Gasteiger partial charge is 0.409 e. The van der Waals surface area contributed by atoms with Gasteiger partial charge in [0.2, 0.25) is 0 Å². The van der Waals surface area contributed by atoms with E-state index in [1.165, 1.54) is 24.1 Å². The zero-order valence-corrected chi connectivity index (χ0v) is 14.4. The third kappa shape index (κ3) is 2.33. The Hall–Kier alpha value is -3.00. The van der Waals surface area contributed by atoms with E-state index in [1.54, 1.807) is 26.0 Å². The van der Waals surface area contributed by atoms with Crippen LogP contribution in [0.5, 0.6) is 0 Å². The number of aromatic nitrogens is 2. The number of hydrogen-bond acceptors (Lipinski definition) is 4. The number of fused-ring (bicyclic) bond motifs is 1. The minimum atomic E-state index is -4.80. The van der Waals surface area contributed by atoms with Gasteiger partial charge in [0, 0.05) is 30.4 Å². The van der Waals surface area contributed by atoms with Crippen molar-refractivity contribution in [3.63, 3.8) is 0 Å². The number of nitrogens with zero attached hydrogens (tertiary/aromatic N) is 4. The first-order valence-corrected chi connectivity index (χ1v) is 7.91. The predicted octanol–water partition coefficient (Wildman–Crippen LogP) is 3.77. The fraction of sp³-hybridized carbons (Fsp3) is 0.389. The predicted molar refractivity (Wildman–Crippen MR) is 88.6 cm³/mol. The highest BCUT2D eigenvalue weighted by atomic mass is 19.4. The van der Waals surface area contributed by atoms with Gasteiger partial charge in [0.25, 0.3) is 0 Å². The molecule has 134 valence electrons. The van der Waals surface area contributed by atoms with Crippen molar-refractivity contribution < 1.29 is 13.2 Å². The molecule has 8 heteroatoms. The molecule has 0 amide bonds. The Morgan fingerprint density at radius 2 is 2.00 bits per heavy atom. The first-order chi connectivity index (χ1) is 12.2. The lowest BCUT2D eigenvalue weighted by atomic mass is 9.66. The molecule has 0 aliphatic carbocycles. The van der Waals surface area contributed by atoms with Crippen molar-refractivity contribution in [1.29, 1.82) is 10.5 Å². The molecule has 0 radical (unpaired) electrons. The van der Waals surface area contributed by atoms with Crippen LogP contribution in [0.1, 0.15) is 24.1 Å². The van der Waals surface area contributed by atoms with E-state index in [4.69, 9.17) is 0 Å². The molecule has 1 aliphatic heterocycles. The van der Waals surface area contributed by atoms with Gasteiger partial charge in [-0.2, -0.15) is 28.8 Å². The normalized spacial score (nSPS) is 23.8. The van der Waals surface area contributed by atoms with Crippen molar-refractivity contribution in [2.24, 2.45) is 5.41 Å². The Labute approximate surface area is 148 Å². The fourth-order valence-electron chi connectivity index (χ4n) is 3.59. The molecule has 1 aliphatic rings. The van der Waals surface area contributed by atoms with Gasteiger partial charge in [-0.1, -0.05) is 6.07 Å². The van der Waals surface area contributed by atoms with Gasteiger partial charge in [-0.25, -0.2) is 0 Å². The maximum Gasteiger partial charge on any atom is 0.409 e. The number of aromatic amines is 1. The molecule has 1 N–H and O–H groups in total. The average molecular weight is 359 g/mol. The lowest BCUT2D eigenvalue weighted by Crippen LogP contribution is -2.52. The molecule has 2 atom stereocenters. The highest BCUT2D eigenvalue weighted by molar-refractivity contribution is 5.82. The van der Waals surface area contributed by atoms with Crippen LogP contribution in [0, 0.1) is 35.0 Å². The molecule has 0 saturated heterocycles. The van der Waals surface area contributed by atoms with Crippen LogP contribution in [0.2, 0.25) is 0 Å². The zero-order chi connectivity index (χ0) is 19.3. The van der Waals surface area contributed by atoms with Gasteiger partial charge in [0.1, 0.15) is 0 Å². The number of alkyl halides is 3. The third-order valence-corrected chi connectivity index (χ3v) is 5.16. The van der Waals surface area contributed by atoms with Crippen molar-refractivity contribution in [2.75, 3.05) is 13.6 Å². The molecule has 0 spiro atoms. The molecule has 0 fully saturated rings. The van der Waals surface area contributed by atoms with Crippen LogP contribution < -0.4 is 0 Å². The van der Waals surface area contributed by atoms with Crippen LogP contribution >= 0.6 is 0 Å². The first kappa shape index (κ1) is 17.8. The van der Waals surface area contributed by atoms with E-state index in [2.05, 4.69) is 10.2 Å². The van der Waals surface area contributed by atoms with Gasteiger partial charge < -0.3 is 4.90 Å². The van der Waals surface area contributed by atoms with Crippen molar-refractivity contribution in [3.8, 4) is 12.1 Å². The number of halogens is 3. The van der Waals surface area contributed by atoms with Crippen LogP contribution in [0.4, 0.5) is 13.2 Å². The molecule has 5 nitrogen and oxygen atoms in total. The fourth-order valence-corrected chi connectivity index (χ4v) is 3.59. The quantitative estimate of drug-likeness (QED) is 0.840. The molecule has 2 aromatic rings. The van der Waals surface area contributed by atoms with Crippen molar-refractivity contribution in [2.45, 2.75) is 25.9 Å². The van der Waals surface area contributed by atoms with E-state index in [9.17, 15) is 23.7 Å². The van der Waals surface area contributed by atoms with E-state index >= 15 is 0 Å². The van der Waals surface area contributed by atoms with Gasteiger partial charge in [-0.15, -0.1) is 0 Å². The summed E-state index contributed by atoms with van der Waals surface area (Å²) in [5.74, 6) is -1.40. The number of nitrogens with one attached hydrogen (secondary N) is 1. The maximum atomic E-state index is 14.1. The molecule has 1 aromatic heterocycles. The van der Waals surface area contributed by atoms with E-state index in [0.29, 0.717) is 22.3 Å². The van der Waals surface area contributed by atoms with Gasteiger partial charge in [-0.3, -0.25) is 5.10 Å². The minimum Gasteiger partial charge on any atom is -0.375 e. The summed E-state index contributed by atoms with van der Waals surface area (Å²) in [6.07, 6.45) is -4.80. The van der Waals surface area contributed by atoms with Gasteiger partial charge in [-0.05, 0) is 31.5 Å². The zero-order valence-electron chi connectivity index (χ0n) is 14.4. The second kappa shape index (κ2) is 5.77. The lowest BCUT2D eigenvalue weighted by molar-refractivity contribution is -0.213. The van der Waals surface area contributed by atoms with E-state index in [0.717, 1.165) is 0 Å². The minimum absolute atomic E-state index is 0.0434.